The molecule has 0 bridgehead atoms. The van der Waals surface area contributed by atoms with Crippen molar-refractivity contribution in [2.45, 2.75) is 51.1 Å². The maximum atomic E-state index is 12.9. The fourth-order valence-corrected chi connectivity index (χ4v) is 3.65. The zero-order valence-electron chi connectivity index (χ0n) is 13.7. The molecule has 0 aliphatic carbocycles. The van der Waals surface area contributed by atoms with E-state index in [2.05, 4.69) is 0 Å². The standard InChI is InChI=1S/C18H25N3O2/c1-13(19)16-8-2-3-10-21(16)18(23)14-6-4-7-15(12-14)20-11-5-9-17(20)22/h4,6-7,12-13,16H,2-3,5,8-11,19H2,1H3. The maximum absolute atomic E-state index is 12.9. The average Bonchev–Trinajstić information content (AvgIpc) is 3.00. The molecule has 2 unspecified atom stereocenters. The van der Waals surface area contributed by atoms with Gasteiger partial charge in [0, 0.05) is 42.8 Å². The molecule has 2 N–H and O–H groups in total. The third-order valence-corrected chi connectivity index (χ3v) is 4.90. The molecule has 124 valence electrons. The fraction of sp³-hybridized carbons (Fsp3) is 0.556. The molecule has 2 aliphatic heterocycles. The third kappa shape index (κ3) is 3.24. The molecular formula is C18H25N3O2. The summed E-state index contributed by atoms with van der Waals surface area (Å²) in [6.07, 6.45) is 4.60. The number of amides is 2. The van der Waals surface area contributed by atoms with Gasteiger partial charge >= 0.3 is 0 Å². The van der Waals surface area contributed by atoms with Crippen LogP contribution in [0.1, 0.15) is 49.4 Å². The average molecular weight is 315 g/mol. The Labute approximate surface area is 137 Å². The van der Waals surface area contributed by atoms with Crippen molar-refractivity contribution in [1.29, 1.82) is 0 Å². The van der Waals surface area contributed by atoms with Gasteiger partial charge in [0.1, 0.15) is 0 Å². The first-order valence-corrected chi connectivity index (χ1v) is 8.55. The van der Waals surface area contributed by atoms with Crippen molar-refractivity contribution in [3.63, 3.8) is 0 Å². The molecule has 2 heterocycles. The second-order valence-electron chi connectivity index (χ2n) is 6.62. The predicted octanol–water partition coefficient (Wildman–Crippen LogP) is 2.16. The van der Waals surface area contributed by atoms with Crippen molar-refractivity contribution >= 4 is 17.5 Å². The van der Waals surface area contributed by atoms with Crippen molar-refractivity contribution in [2.24, 2.45) is 5.73 Å². The molecule has 0 radical (unpaired) electrons. The molecular weight excluding hydrogens is 290 g/mol. The van der Waals surface area contributed by atoms with Crippen molar-refractivity contribution in [3.05, 3.63) is 29.8 Å². The normalized spacial score (nSPS) is 23.2. The van der Waals surface area contributed by atoms with Gasteiger partial charge < -0.3 is 15.5 Å². The highest BCUT2D eigenvalue weighted by atomic mass is 16.2. The Hall–Kier alpha value is -1.88. The molecule has 1 aromatic rings. The molecule has 5 nitrogen and oxygen atoms in total. The lowest BCUT2D eigenvalue weighted by molar-refractivity contribution is -0.117. The van der Waals surface area contributed by atoms with E-state index in [1.54, 1.807) is 4.90 Å². The largest absolute Gasteiger partial charge is 0.334 e. The van der Waals surface area contributed by atoms with E-state index >= 15 is 0 Å². The summed E-state index contributed by atoms with van der Waals surface area (Å²) in [6.45, 7) is 3.47. The van der Waals surface area contributed by atoms with Crippen LogP contribution in [0.25, 0.3) is 0 Å². The summed E-state index contributed by atoms with van der Waals surface area (Å²) in [5, 5.41) is 0. The first-order chi connectivity index (χ1) is 11.1. The smallest absolute Gasteiger partial charge is 0.254 e. The van der Waals surface area contributed by atoms with Gasteiger partial charge in [0.05, 0.1) is 0 Å². The topological polar surface area (TPSA) is 66.6 Å². The van der Waals surface area contributed by atoms with Gasteiger partial charge in [-0.2, -0.15) is 0 Å². The number of piperidine rings is 1. The number of nitrogens with two attached hydrogens (primary N) is 1. The zero-order valence-corrected chi connectivity index (χ0v) is 13.7. The lowest BCUT2D eigenvalue weighted by atomic mass is 9.96. The van der Waals surface area contributed by atoms with E-state index in [0.29, 0.717) is 12.0 Å². The summed E-state index contributed by atoms with van der Waals surface area (Å²) in [7, 11) is 0. The second kappa shape index (κ2) is 6.71. The number of benzene rings is 1. The predicted molar refractivity (Wildman–Crippen MR) is 90.4 cm³/mol. The molecule has 0 spiro atoms. The number of carbonyl (C=O) groups is 2. The highest BCUT2D eigenvalue weighted by Crippen LogP contribution is 2.25. The van der Waals surface area contributed by atoms with Gasteiger partial charge in [-0.25, -0.2) is 0 Å². The van der Waals surface area contributed by atoms with Gasteiger partial charge in [-0.3, -0.25) is 9.59 Å². The summed E-state index contributed by atoms with van der Waals surface area (Å²) in [5.41, 5.74) is 7.55. The molecule has 2 aliphatic rings. The Morgan fingerprint density at radius 1 is 1.26 bits per heavy atom. The van der Waals surface area contributed by atoms with Crippen LogP contribution in [-0.4, -0.2) is 41.9 Å². The van der Waals surface area contributed by atoms with Crippen LogP contribution in [0.15, 0.2) is 24.3 Å². The fourth-order valence-electron chi connectivity index (χ4n) is 3.65. The van der Waals surface area contributed by atoms with Crippen LogP contribution >= 0.6 is 0 Å². The number of hydrogen-bond donors (Lipinski definition) is 1. The van der Waals surface area contributed by atoms with Gasteiger partial charge in [0.15, 0.2) is 0 Å². The Kier molecular flexibility index (Phi) is 4.66. The number of hydrogen-bond acceptors (Lipinski definition) is 3. The van der Waals surface area contributed by atoms with E-state index < -0.39 is 0 Å². The van der Waals surface area contributed by atoms with E-state index in [1.807, 2.05) is 36.1 Å². The number of rotatable bonds is 3. The van der Waals surface area contributed by atoms with Gasteiger partial charge in [-0.1, -0.05) is 6.07 Å². The van der Waals surface area contributed by atoms with Gasteiger partial charge in [-0.05, 0) is 50.8 Å². The number of carbonyl (C=O) groups excluding carboxylic acids is 2. The Morgan fingerprint density at radius 3 is 2.78 bits per heavy atom. The van der Waals surface area contributed by atoms with Crippen LogP contribution in [0.3, 0.4) is 0 Å². The van der Waals surface area contributed by atoms with Crippen LogP contribution in [0.4, 0.5) is 5.69 Å². The first-order valence-electron chi connectivity index (χ1n) is 8.55. The Morgan fingerprint density at radius 2 is 2.09 bits per heavy atom. The molecule has 3 rings (SSSR count). The first kappa shape index (κ1) is 16.0. The van der Waals surface area contributed by atoms with E-state index in [0.717, 1.165) is 44.5 Å². The Bertz CT molecular complexity index is 600. The van der Waals surface area contributed by atoms with E-state index in [4.69, 9.17) is 5.73 Å². The molecule has 23 heavy (non-hydrogen) atoms. The lowest BCUT2D eigenvalue weighted by Crippen LogP contribution is -2.51. The Balaban J connectivity index is 1.83. The molecule has 1 aromatic carbocycles. The van der Waals surface area contributed by atoms with Crippen LogP contribution in [0, 0.1) is 0 Å². The summed E-state index contributed by atoms with van der Waals surface area (Å²) >= 11 is 0. The summed E-state index contributed by atoms with van der Waals surface area (Å²) in [5.74, 6) is 0.168. The molecule has 0 saturated carbocycles. The van der Waals surface area contributed by atoms with Crippen molar-refractivity contribution in [3.8, 4) is 0 Å². The SMILES string of the molecule is CC(N)C1CCCCN1C(=O)c1cccc(N2CCCC2=O)c1. The maximum Gasteiger partial charge on any atom is 0.254 e. The van der Waals surface area contributed by atoms with Crippen LogP contribution in [-0.2, 0) is 4.79 Å². The van der Waals surface area contributed by atoms with Gasteiger partial charge in [-0.15, -0.1) is 0 Å². The summed E-state index contributed by atoms with van der Waals surface area (Å²) < 4.78 is 0. The highest BCUT2D eigenvalue weighted by molar-refractivity contribution is 5.99. The number of anilines is 1. The second-order valence-corrected chi connectivity index (χ2v) is 6.62. The third-order valence-electron chi connectivity index (χ3n) is 4.90. The minimum atomic E-state index is -0.0254. The van der Waals surface area contributed by atoms with Crippen LogP contribution < -0.4 is 10.6 Å². The van der Waals surface area contributed by atoms with E-state index in [1.165, 1.54) is 0 Å². The van der Waals surface area contributed by atoms with Crippen LogP contribution in [0.5, 0.6) is 0 Å². The van der Waals surface area contributed by atoms with Crippen LogP contribution in [0.2, 0.25) is 0 Å². The van der Waals surface area contributed by atoms with Gasteiger partial charge in [0.2, 0.25) is 5.91 Å². The minimum Gasteiger partial charge on any atom is -0.334 e. The summed E-state index contributed by atoms with van der Waals surface area (Å²) in [6, 6.07) is 7.52. The number of nitrogens with zero attached hydrogens (tertiary/aromatic N) is 2. The van der Waals surface area contributed by atoms with E-state index in [-0.39, 0.29) is 23.9 Å². The molecule has 2 saturated heterocycles. The minimum absolute atomic E-state index is 0.0254. The summed E-state index contributed by atoms with van der Waals surface area (Å²) in [4.78, 5) is 28.5. The quantitative estimate of drug-likeness (QED) is 0.929. The van der Waals surface area contributed by atoms with Crippen molar-refractivity contribution in [1.82, 2.24) is 4.90 Å². The molecule has 2 atom stereocenters. The zero-order chi connectivity index (χ0) is 16.4. The lowest BCUT2D eigenvalue weighted by Gasteiger charge is -2.38. The molecule has 2 fully saturated rings. The van der Waals surface area contributed by atoms with E-state index in [9.17, 15) is 9.59 Å². The van der Waals surface area contributed by atoms with Gasteiger partial charge in [0.25, 0.3) is 5.91 Å². The molecule has 5 heteroatoms. The molecule has 2 amide bonds. The number of likely N-dealkylation sites (tertiary alicyclic amines) is 1. The highest BCUT2D eigenvalue weighted by Gasteiger charge is 2.30. The monoisotopic (exact) mass is 315 g/mol. The molecule has 0 aromatic heterocycles. The van der Waals surface area contributed by atoms with Crippen molar-refractivity contribution in [2.75, 3.05) is 18.0 Å². The van der Waals surface area contributed by atoms with Crippen molar-refractivity contribution < 1.29 is 9.59 Å².